The third-order valence-electron chi connectivity index (χ3n) is 4.47. The second-order valence-electron chi connectivity index (χ2n) is 8.51. The van der Waals surface area contributed by atoms with Crippen LogP contribution in [-0.2, 0) is 0 Å². The van der Waals surface area contributed by atoms with Crippen LogP contribution >= 0.6 is 0 Å². The molecule has 0 aliphatic carbocycles. The van der Waals surface area contributed by atoms with E-state index in [1.165, 1.54) is 0 Å². The molecule has 0 amide bonds. The van der Waals surface area contributed by atoms with E-state index in [0.29, 0.717) is 24.5 Å². The molecule has 3 unspecified atom stereocenters. The van der Waals surface area contributed by atoms with Gasteiger partial charge in [-0.05, 0) is 20.8 Å². The van der Waals surface area contributed by atoms with Gasteiger partial charge in [0.2, 0.25) is 5.96 Å². The van der Waals surface area contributed by atoms with Crippen molar-refractivity contribution in [3.63, 3.8) is 0 Å². The molecule has 0 aromatic heterocycles. The van der Waals surface area contributed by atoms with E-state index in [0.717, 1.165) is 23.5 Å². The summed E-state index contributed by atoms with van der Waals surface area (Å²) in [7, 11) is 11.7. The summed E-state index contributed by atoms with van der Waals surface area (Å²) in [4.78, 5) is 27.0. The summed E-state index contributed by atoms with van der Waals surface area (Å²) in [5.41, 5.74) is 11.2. The van der Waals surface area contributed by atoms with Crippen molar-refractivity contribution in [3.05, 3.63) is 12.4 Å². The van der Waals surface area contributed by atoms with Crippen LogP contribution < -0.4 is 22.1 Å². The molecule has 0 saturated heterocycles. The molecule has 3 aliphatic rings. The summed E-state index contributed by atoms with van der Waals surface area (Å²) in [6, 6.07) is 0. The summed E-state index contributed by atoms with van der Waals surface area (Å²) in [5, 5.41) is 6.06. The van der Waals surface area contributed by atoms with Crippen molar-refractivity contribution in [1.29, 1.82) is 0 Å². The second kappa shape index (κ2) is 12.7. The van der Waals surface area contributed by atoms with E-state index in [4.69, 9.17) is 11.5 Å². The molecular formula is C21H42N12. The quantitative estimate of drug-likeness (QED) is 0.397. The highest BCUT2D eigenvalue weighted by Gasteiger charge is 2.14. The number of guanidine groups is 1. The predicted molar refractivity (Wildman–Crippen MR) is 140 cm³/mol. The van der Waals surface area contributed by atoms with Gasteiger partial charge in [0.25, 0.3) is 0 Å². The molecule has 3 aliphatic heterocycles. The molecule has 0 aromatic rings. The molecule has 3 heterocycles. The number of aliphatic imine (C=N–C) groups is 5. The topological polar surface area (TPSA) is 148 Å². The summed E-state index contributed by atoms with van der Waals surface area (Å²) in [5.74, 6) is 5.01. The first-order chi connectivity index (χ1) is 15.3. The molecule has 0 saturated carbocycles. The van der Waals surface area contributed by atoms with Gasteiger partial charge in [-0.25, -0.2) is 25.0 Å². The minimum Gasteiger partial charge on any atom is -0.387 e. The van der Waals surface area contributed by atoms with E-state index < -0.39 is 0 Å². The Morgan fingerprint density at radius 1 is 0.727 bits per heavy atom. The fourth-order valence-electron chi connectivity index (χ4n) is 2.92. The average molecular weight is 463 g/mol. The molecule has 0 spiro atoms. The third-order valence-corrected chi connectivity index (χ3v) is 4.47. The maximum Gasteiger partial charge on any atom is 0.201 e. The number of nitrogens with two attached hydrogens (primary N) is 2. The van der Waals surface area contributed by atoms with Crippen LogP contribution in [0.25, 0.3) is 0 Å². The van der Waals surface area contributed by atoms with E-state index in [1.54, 1.807) is 0 Å². The van der Waals surface area contributed by atoms with Gasteiger partial charge >= 0.3 is 0 Å². The molecular weight excluding hydrogens is 420 g/mol. The fraction of sp³-hybridized carbons (Fsp3) is 0.667. The van der Waals surface area contributed by atoms with Crippen molar-refractivity contribution < 1.29 is 0 Å². The summed E-state index contributed by atoms with van der Waals surface area (Å²) < 4.78 is 0. The molecule has 0 bridgehead atoms. The molecule has 0 aromatic carbocycles. The Labute approximate surface area is 198 Å². The van der Waals surface area contributed by atoms with Gasteiger partial charge in [0.15, 0.2) is 0 Å². The van der Waals surface area contributed by atoms with Crippen molar-refractivity contribution in [1.82, 2.24) is 25.3 Å². The molecule has 0 fully saturated rings. The van der Waals surface area contributed by atoms with Crippen molar-refractivity contribution in [2.24, 2.45) is 36.4 Å². The number of rotatable bonds is 0. The molecule has 33 heavy (non-hydrogen) atoms. The maximum absolute atomic E-state index is 5.60. The van der Waals surface area contributed by atoms with Crippen LogP contribution in [0.4, 0.5) is 0 Å². The molecule has 6 N–H and O–H groups in total. The van der Waals surface area contributed by atoms with Gasteiger partial charge in [-0.15, -0.1) is 0 Å². The first kappa shape index (κ1) is 27.7. The van der Waals surface area contributed by atoms with Crippen molar-refractivity contribution in [2.75, 3.05) is 42.3 Å². The third kappa shape index (κ3) is 10.2. The number of hydrogen-bond acceptors (Lipinski definition) is 12. The lowest BCUT2D eigenvalue weighted by Gasteiger charge is -2.26. The lowest BCUT2D eigenvalue weighted by atomic mass is 10.3. The number of nitrogens with zero attached hydrogens (tertiary/aromatic N) is 8. The van der Waals surface area contributed by atoms with Crippen LogP contribution in [0.2, 0.25) is 0 Å². The molecule has 0 radical (unpaired) electrons. The smallest absolute Gasteiger partial charge is 0.201 e. The number of amidine groups is 4. The van der Waals surface area contributed by atoms with Crippen LogP contribution in [0.15, 0.2) is 37.4 Å². The molecule has 12 nitrogen and oxygen atoms in total. The Morgan fingerprint density at radius 3 is 1.45 bits per heavy atom. The van der Waals surface area contributed by atoms with Crippen molar-refractivity contribution in [3.8, 4) is 0 Å². The largest absolute Gasteiger partial charge is 0.387 e. The highest BCUT2D eigenvalue weighted by Crippen LogP contribution is 2.05. The van der Waals surface area contributed by atoms with Gasteiger partial charge in [0.1, 0.15) is 41.8 Å². The van der Waals surface area contributed by atoms with Gasteiger partial charge in [0.05, 0.1) is 18.7 Å². The zero-order valence-corrected chi connectivity index (χ0v) is 21.6. The van der Waals surface area contributed by atoms with Crippen LogP contribution in [0.1, 0.15) is 33.6 Å². The zero-order valence-electron chi connectivity index (χ0n) is 21.6. The number of hydrogen-bond donors (Lipinski definition) is 4. The van der Waals surface area contributed by atoms with Crippen molar-refractivity contribution >= 4 is 29.3 Å². The summed E-state index contributed by atoms with van der Waals surface area (Å²) in [6.45, 7) is 9.60. The Balaban J connectivity index is 0.000000247. The minimum atomic E-state index is -0.0128. The standard InChI is InChI=1S/3C7H14N4/c2*1-5-9-6(8)4-7(10-5)11(2)3;1-5-8-6(2)10-7(9-5)11(3)4/h2*5H,4H2,1-3H3,(H2,8,9);6,8H,1H2,2-4H3,(H,9,10). The van der Waals surface area contributed by atoms with Crippen LogP contribution in [0, 0.1) is 0 Å². The van der Waals surface area contributed by atoms with E-state index in [9.17, 15) is 0 Å². The van der Waals surface area contributed by atoms with E-state index in [2.05, 4.69) is 42.2 Å². The van der Waals surface area contributed by atoms with Gasteiger partial charge < -0.3 is 36.8 Å². The maximum atomic E-state index is 5.60. The Kier molecular flexibility index (Phi) is 10.6. The highest BCUT2D eigenvalue weighted by molar-refractivity contribution is 6.03. The predicted octanol–water partition coefficient (Wildman–Crippen LogP) is 0.0208. The number of nitrogens with one attached hydrogen (secondary N) is 2. The Bertz CT molecular complexity index is 773. The van der Waals surface area contributed by atoms with Crippen LogP contribution in [0.3, 0.4) is 0 Å². The molecule has 12 heteroatoms. The molecule has 186 valence electrons. The average Bonchev–Trinajstić information content (AvgIpc) is 2.66. The van der Waals surface area contributed by atoms with E-state index in [1.807, 2.05) is 77.8 Å². The summed E-state index contributed by atoms with van der Waals surface area (Å²) >= 11 is 0. The first-order valence-corrected chi connectivity index (χ1v) is 10.9. The summed E-state index contributed by atoms with van der Waals surface area (Å²) in [6.07, 6.45) is 1.44. The van der Waals surface area contributed by atoms with Gasteiger partial charge in [-0.2, -0.15) is 0 Å². The molecule has 3 atom stereocenters. The van der Waals surface area contributed by atoms with Gasteiger partial charge in [-0.3, -0.25) is 0 Å². The van der Waals surface area contributed by atoms with Crippen LogP contribution in [-0.4, -0.2) is 105 Å². The Morgan fingerprint density at radius 2 is 1.15 bits per heavy atom. The van der Waals surface area contributed by atoms with Crippen molar-refractivity contribution in [2.45, 2.75) is 52.1 Å². The zero-order chi connectivity index (χ0) is 25.3. The van der Waals surface area contributed by atoms with Gasteiger partial charge in [-0.1, -0.05) is 6.58 Å². The minimum absolute atomic E-state index is 0.0128. The SMILES string of the molecule is C=C1NC(N(C)C)=NC(C)N1.CC1N=C(N)CC(N(C)C)=N1.CC1N=C(N)CC(N(C)C)=N1. The van der Waals surface area contributed by atoms with Crippen LogP contribution in [0.5, 0.6) is 0 Å². The second-order valence-corrected chi connectivity index (χ2v) is 8.51. The lowest BCUT2D eigenvalue weighted by Crippen LogP contribution is -2.47. The first-order valence-electron chi connectivity index (χ1n) is 10.9. The van der Waals surface area contributed by atoms with Gasteiger partial charge in [0, 0.05) is 42.3 Å². The highest BCUT2D eigenvalue weighted by atomic mass is 15.4. The Hall–Kier alpha value is -3.31. The normalized spacial score (nSPS) is 23.8. The van der Waals surface area contributed by atoms with E-state index >= 15 is 0 Å². The van der Waals surface area contributed by atoms with E-state index in [-0.39, 0.29) is 18.5 Å². The lowest BCUT2D eigenvalue weighted by molar-refractivity contribution is 0.522. The fourth-order valence-corrected chi connectivity index (χ4v) is 2.92. The monoisotopic (exact) mass is 462 g/mol. The molecule has 3 rings (SSSR count).